The molecule has 1 aliphatic carbocycles. The number of aromatic nitrogens is 4. The number of hydrogen-bond acceptors (Lipinski definition) is 5. The molecule has 1 saturated carbocycles. The number of hydrogen-bond donors (Lipinski definition) is 2. The van der Waals surface area contributed by atoms with Gasteiger partial charge in [0.15, 0.2) is 5.69 Å². The Morgan fingerprint density at radius 1 is 1.53 bits per heavy atom. The lowest BCUT2D eigenvalue weighted by molar-refractivity contribution is 0.102. The average Bonchev–Trinajstić information content (AvgIpc) is 2.88. The van der Waals surface area contributed by atoms with Crippen LogP contribution in [-0.4, -0.2) is 26.3 Å². The summed E-state index contributed by atoms with van der Waals surface area (Å²) in [5, 5.41) is 18.6. The second kappa shape index (κ2) is 3.92. The molecule has 1 aliphatic rings. The van der Waals surface area contributed by atoms with Crippen molar-refractivity contribution in [1.82, 2.24) is 20.4 Å². The molecule has 0 spiro atoms. The van der Waals surface area contributed by atoms with Gasteiger partial charge in [0.25, 0.3) is 5.91 Å². The molecule has 2 aromatic rings. The summed E-state index contributed by atoms with van der Waals surface area (Å²) in [6.45, 7) is 1.84. The smallest absolute Gasteiger partial charge is 0.277 e. The van der Waals surface area contributed by atoms with Crippen LogP contribution < -0.4 is 5.32 Å². The number of H-pyrrole nitrogens is 1. The fourth-order valence-corrected chi connectivity index (χ4v) is 2.15. The first-order valence-corrected chi connectivity index (χ1v) is 6.21. The molecule has 0 saturated heterocycles. The van der Waals surface area contributed by atoms with Gasteiger partial charge in [-0.3, -0.25) is 15.2 Å². The predicted molar refractivity (Wildman–Crippen MR) is 63.2 cm³/mol. The molecule has 7 heteroatoms. The van der Waals surface area contributed by atoms with Gasteiger partial charge in [-0.2, -0.15) is 5.10 Å². The van der Waals surface area contributed by atoms with Crippen molar-refractivity contribution in [3.63, 3.8) is 0 Å². The predicted octanol–water partition coefficient (Wildman–Crippen LogP) is 1.70. The van der Waals surface area contributed by atoms with E-state index in [0.29, 0.717) is 16.7 Å². The number of nitrogens with zero attached hydrogens (tertiary/aromatic N) is 3. The van der Waals surface area contributed by atoms with Crippen molar-refractivity contribution in [2.24, 2.45) is 0 Å². The highest BCUT2D eigenvalue weighted by atomic mass is 32.1. The molecule has 0 aromatic carbocycles. The molecule has 17 heavy (non-hydrogen) atoms. The summed E-state index contributed by atoms with van der Waals surface area (Å²) >= 11 is 1.34. The maximum absolute atomic E-state index is 11.8. The standard InChI is InChI=1S/C10H11N5OS/c1-5-12-15-10(17-5)11-9(16)8-4-7(13-14-8)6-2-3-6/h4,6H,2-3H2,1H3,(H,13,14)(H,11,15,16). The third kappa shape index (κ3) is 2.19. The molecule has 2 heterocycles. The van der Waals surface area contributed by atoms with Crippen LogP contribution in [-0.2, 0) is 0 Å². The van der Waals surface area contributed by atoms with Crippen LogP contribution in [0.4, 0.5) is 5.13 Å². The number of aryl methyl sites for hydroxylation is 1. The van der Waals surface area contributed by atoms with Crippen molar-refractivity contribution in [3.8, 4) is 0 Å². The van der Waals surface area contributed by atoms with Crippen molar-refractivity contribution in [2.75, 3.05) is 5.32 Å². The Hall–Kier alpha value is -1.76. The molecule has 0 radical (unpaired) electrons. The Balaban J connectivity index is 1.72. The summed E-state index contributed by atoms with van der Waals surface area (Å²) in [6.07, 6.45) is 2.36. The highest BCUT2D eigenvalue weighted by Gasteiger charge is 2.26. The van der Waals surface area contributed by atoms with Crippen LogP contribution in [0.2, 0.25) is 0 Å². The molecule has 88 valence electrons. The van der Waals surface area contributed by atoms with Crippen LogP contribution in [0.3, 0.4) is 0 Å². The quantitative estimate of drug-likeness (QED) is 0.867. The second-order valence-electron chi connectivity index (χ2n) is 4.06. The Morgan fingerprint density at radius 2 is 2.35 bits per heavy atom. The normalized spacial score (nSPS) is 14.9. The van der Waals surface area contributed by atoms with Crippen molar-refractivity contribution >= 4 is 22.4 Å². The maximum Gasteiger partial charge on any atom is 0.277 e. The van der Waals surface area contributed by atoms with Gasteiger partial charge in [0.1, 0.15) is 5.01 Å². The molecule has 1 amide bonds. The summed E-state index contributed by atoms with van der Waals surface area (Å²) in [7, 11) is 0. The largest absolute Gasteiger partial charge is 0.295 e. The molecule has 3 rings (SSSR count). The van der Waals surface area contributed by atoms with E-state index in [1.807, 2.05) is 6.92 Å². The Morgan fingerprint density at radius 3 is 3.00 bits per heavy atom. The van der Waals surface area contributed by atoms with E-state index < -0.39 is 0 Å². The van der Waals surface area contributed by atoms with Gasteiger partial charge < -0.3 is 0 Å². The van der Waals surface area contributed by atoms with Gasteiger partial charge in [-0.15, -0.1) is 10.2 Å². The van der Waals surface area contributed by atoms with E-state index in [1.54, 1.807) is 6.07 Å². The van der Waals surface area contributed by atoms with Gasteiger partial charge in [-0.1, -0.05) is 11.3 Å². The summed E-state index contributed by atoms with van der Waals surface area (Å²) < 4.78 is 0. The van der Waals surface area contributed by atoms with Crippen molar-refractivity contribution in [1.29, 1.82) is 0 Å². The Labute approximate surface area is 101 Å². The van der Waals surface area contributed by atoms with Crippen LogP contribution >= 0.6 is 11.3 Å². The monoisotopic (exact) mass is 249 g/mol. The topological polar surface area (TPSA) is 83.6 Å². The highest BCUT2D eigenvalue weighted by molar-refractivity contribution is 7.15. The lowest BCUT2D eigenvalue weighted by atomic mass is 10.2. The van der Waals surface area contributed by atoms with Gasteiger partial charge in [0, 0.05) is 11.6 Å². The number of nitrogens with one attached hydrogen (secondary N) is 2. The molecule has 2 aromatic heterocycles. The third-order valence-electron chi connectivity index (χ3n) is 2.59. The molecule has 0 bridgehead atoms. The van der Waals surface area contributed by atoms with Crippen LogP contribution in [0.25, 0.3) is 0 Å². The summed E-state index contributed by atoms with van der Waals surface area (Å²) in [5.41, 5.74) is 1.45. The van der Waals surface area contributed by atoms with Crippen LogP contribution in [0, 0.1) is 6.92 Å². The van der Waals surface area contributed by atoms with Gasteiger partial charge in [0.05, 0.1) is 0 Å². The Kier molecular flexibility index (Phi) is 2.40. The molecular weight excluding hydrogens is 238 g/mol. The van der Waals surface area contributed by atoms with E-state index in [-0.39, 0.29) is 5.91 Å². The highest BCUT2D eigenvalue weighted by Crippen LogP contribution is 2.39. The van der Waals surface area contributed by atoms with Crippen LogP contribution in [0.15, 0.2) is 6.07 Å². The SMILES string of the molecule is Cc1nnc(NC(=O)c2cc(C3CC3)[nH]n2)s1. The average molecular weight is 249 g/mol. The minimum absolute atomic E-state index is 0.246. The molecule has 0 aliphatic heterocycles. The van der Waals surface area contributed by atoms with E-state index in [9.17, 15) is 4.79 Å². The zero-order valence-electron chi connectivity index (χ0n) is 9.23. The van der Waals surface area contributed by atoms with Crippen LogP contribution in [0.1, 0.15) is 39.9 Å². The molecule has 0 atom stereocenters. The molecule has 2 N–H and O–H groups in total. The Bertz CT molecular complexity index is 557. The van der Waals surface area contributed by atoms with Crippen molar-refractivity contribution < 1.29 is 4.79 Å². The fraction of sp³-hybridized carbons (Fsp3) is 0.400. The van der Waals surface area contributed by atoms with E-state index in [2.05, 4.69) is 25.7 Å². The first-order valence-electron chi connectivity index (χ1n) is 5.39. The summed E-state index contributed by atoms with van der Waals surface area (Å²) in [6, 6.07) is 1.81. The minimum Gasteiger partial charge on any atom is -0.295 e. The van der Waals surface area contributed by atoms with Gasteiger partial charge in [-0.05, 0) is 25.8 Å². The van der Waals surface area contributed by atoms with E-state index in [1.165, 1.54) is 24.2 Å². The number of aromatic amines is 1. The second-order valence-corrected chi connectivity index (χ2v) is 5.24. The maximum atomic E-state index is 11.8. The number of carbonyl (C=O) groups excluding carboxylic acids is 1. The first-order chi connectivity index (χ1) is 8.22. The van der Waals surface area contributed by atoms with E-state index in [4.69, 9.17) is 0 Å². The number of anilines is 1. The molecule has 0 unspecified atom stereocenters. The van der Waals surface area contributed by atoms with E-state index >= 15 is 0 Å². The molecular formula is C10H11N5OS. The first kappa shape index (κ1) is 10.4. The minimum atomic E-state index is -0.246. The lowest BCUT2D eigenvalue weighted by Gasteiger charge is -1.95. The lowest BCUT2D eigenvalue weighted by Crippen LogP contribution is -2.12. The van der Waals surface area contributed by atoms with Crippen molar-refractivity contribution in [3.05, 3.63) is 22.5 Å². The van der Waals surface area contributed by atoms with Crippen molar-refractivity contribution in [2.45, 2.75) is 25.7 Å². The van der Waals surface area contributed by atoms with Gasteiger partial charge >= 0.3 is 0 Å². The summed E-state index contributed by atoms with van der Waals surface area (Å²) in [5.74, 6) is 0.317. The van der Waals surface area contributed by atoms with E-state index in [0.717, 1.165) is 10.7 Å². The van der Waals surface area contributed by atoms with Crippen LogP contribution in [0.5, 0.6) is 0 Å². The van der Waals surface area contributed by atoms with Gasteiger partial charge in [-0.25, -0.2) is 0 Å². The summed E-state index contributed by atoms with van der Waals surface area (Å²) in [4.78, 5) is 11.8. The van der Waals surface area contributed by atoms with Gasteiger partial charge in [0.2, 0.25) is 5.13 Å². The number of rotatable bonds is 3. The molecule has 6 nitrogen and oxygen atoms in total. The number of amides is 1. The zero-order chi connectivity index (χ0) is 11.8. The fourth-order valence-electron chi connectivity index (χ4n) is 1.56. The number of carbonyl (C=O) groups is 1. The third-order valence-corrected chi connectivity index (χ3v) is 3.35. The molecule has 1 fully saturated rings. The zero-order valence-corrected chi connectivity index (χ0v) is 10.0.